The number of carbonyl (C=O) groups is 1. The number of rotatable bonds is 4. The second-order valence-corrected chi connectivity index (χ2v) is 5.78. The summed E-state index contributed by atoms with van der Waals surface area (Å²) in [7, 11) is 0. The zero-order chi connectivity index (χ0) is 17.6. The highest BCUT2D eigenvalue weighted by Gasteiger charge is 2.10. The molecule has 0 aromatic heterocycles. The molecule has 0 saturated heterocycles. The lowest BCUT2D eigenvalue weighted by Gasteiger charge is -2.09. The van der Waals surface area contributed by atoms with Crippen LogP contribution in [0.3, 0.4) is 0 Å². The second-order valence-electron chi connectivity index (χ2n) is 5.78. The zero-order valence-corrected chi connectivity index (χ0v) is 14.2. The summed E-state index contributed by atoms with van der Waals surface area (Å²) in [4.78, 5) is 12.4. The molecule has 0 radical (unpaired) electrons. The molecule has 25 heavy (non-hydrogen) atoms. The van der Waals surface area contributed by atoms with E-state index in [1.807, 2.05) is 86.6 Å². The molecule has 124 valence electrons. The van der Waals surface area contributed by atoms with Gasteiger partial charge in [-0.3, -0.25) is 4.79 Å². The number of amides is 1. The Morgan fingerprint density at radius 1 is 0.760 bits per heavy atom. The Hall–Kier alpha value is -3.27. The van der Waals surface area contributed by atoms with Crippen molar-refractivity contribution >= 4 is 23.0 Å². The molecule has 3 aromatic carbocycles. The van der Waals surface area contributed by atoms with Gasteiger partial charge in [0.15, 0.2) is 0 Å². The maximum absolute atomic E-state index is 12.4. The number of nitrogens with zero attached hydrogens (tertiary/aromatic N) is 2. The Labute approximate surface area is 147 Å². The van der Waals surface area contributed by atoms with E-state index in [4.69, 9.17) is 0 Å². The molecule has 0 atom stereocenters. The van der Waals surface area contributed by atoms with Crippen LogP contribution in [0.5, 0.6) is 0 Å². The lowest BCUT2D eigenvalue weighted by molar-refractivity contribution is 0.102. The molecule has 0 aliphatic rings. The maximum atomic E-state index is 12.4. The molecule has 3 rings (SSSR count). The molecule has 0 saturated carbocycles. The molecule has 4 heteroatoms. The third-order valence-electron chi connectivity index (χ3n) is 4.01. The van der Waals surface area contributed by atoms with Crippen molar-refractivity contribution in [1.29, 1.82) is 0 Å². The predicted molar refractivity (Wildman–Crippen MR) is 101 cm³/mol. The van der Waals surface area contributed by atoms with Crippen LogP contribution in [0.1, 0.15) is 21.5 Å². The summed E-state index contributed by atoms with van der Waals surface area (Å²) in [5.41, 5.74) is 5.04. The van der Waals surface area contributed by atoms with Crippen LogP contribution in [-0.4, -0.2) is 5.91 Å². The third kappa shape index (κ3) is 4.18. The van der Waals surface area contributed by atoms with Crippen molar-refractivity contribution in [3.05, 3.63) is 89.5 Å². The van der Waals surface area contributed by atoms with Crippen LogP contribution in [0.2, 0.25) is 0 Å². The Balaban J connectivity index is 1.69. The van der Waals surface area contributed by atoms with Gasteiger partial charge in [0.05, 0.1) is 11.4 Å². The number of aryl methyl sites for hydroxylation is 1. The first-order chi connectivity index (χ1) is 12.1. The van der Waals surface area contributed by atoms with Crippen molar-refractivity contribution in [3.63, 3.8) is 0 Å². The van der Waals surface area contributed by atoms with Gasteiger partial charge in [-0.2, -0.15) is 10.2 Å². The van der Waals surface area contributed by atoms with Gasteiger partial charge >= 0.3 is 0 Å². The summed E-state index contributed by atoms with van der Waals surface area (Å²) >= 11 is 0. The summed E-state index contributed by atoms with van der Waals surface area (Å²) in [6, 6.07) is 22.6. The van der Waals surface area contributed by atoms with E-state index in [0.717, 1.165) is 28.2 Å². The van der Waals surface area contributed by atoms with Crippen molar-refractivity contribution in [2.75, 3.05) is 5.32 Å². The highest BCUT2D eigenvalue weighted by Crippen LogP contribution is 2.21. The van der Waals surface area contributed by atoms with Gasteiger partial charge in [-0.05, 0) is 67.4 Å². The number of hydrogen-bond acceptors (Lipinski definition) is 3. The minimum absolute atomic E-state index is 0.111. The smallest absolute Gasteiger partial charge is 0.255 e. The molecular weight excluding hydrogens is 310 g/mol. The average Bonchev–Trinajstić information content (AvgIpc) is 2.64. The molecule has 0 spiro atoms. The number of anilines is 1. The lowest BCUT2D eigenvalue weighted by atomic mass is 10.0. The molecular formula is C21H19N3O. The van der Waals surface area contributed by atoms with Crippen molar-refractivity contribution in [3.8, 4) is 0 Å². The van der Waals surface area contributed by atoms with Crippen LogP contribution in [0.25, 0.3) is 0 Å². The Morgan fingerprint density at radius 3 is 2.08 bits per heavy atom. The summed E-state index contributed by atoms with van der Waals surface area (Å²) in [5.74, 6) is -0.111. The Kier molecular flexibility index (Phi) is 5.00. The zero-order valence-electron chi connectivity index (χ0n) is 14.2. The summed E-state index contributed by atoms with van der Waals surface area (Å²) in [6.07, 6.45) is 0. The Morgan fingerprint density at radius 2 is 1.40 bits per heavy atom. The topological polar surface area (TPSA) is 53.8 Å². The monoisotopic (exact) mass is 329 g/mol. The minimum atomic E-state index is -0.111. The molecule has 1 N–H and O–H groups in total. The van der Waals surface area contributed by atoms with E-state index in [0.29, 0.717) is 5.56 Å². The average molecular weight is 329 g/mol. The molecule has 1 amide bonds. The van der Waals surface area contributed by atoms with Crippen LogP contribution in [0.15, 0.2) is 83.0 Å². The normalized spacial score (nSPS) is 10.8. The largest absolute Gasteiger partial charge is 0.322 e. The number of hydrogen-bond donors (Lipinski definition) is 1. The van der Waals surface area contributed by atoms with Crippen LogP contribution in [0, 0.1) is 13.8 Å². The van der Waals surface area contributed by atoms with Crippen LogP contribution in [0.4, 0.5) is 17.1 Å². The molecule has 0 fully saturated rings. The SMILES string of the molecule is Cc1cccc(C(=O)Nc2ccc(N=Nc3ccccc3)cc2)c1C. The van der Waals surface area contributed by atoms with Gasteiger partial charge in [0.2, 0.25) is 0 Å². The van der Waals surface area contributed by atoms with Gasteiger partial charge in [0.25, 0.3) is 5.91 Å². The molecule has 3 aromatic rings. The fourth-order valence-corrected chi connectivity index (χ4v) is 2.42. The maximum Gasteiger partial charge on any atom is 0.255 e. The molecule has 0 aliphatic heterocycles. The van der Waals surface area contributed by atoms with Crippen molar-refractivity contribution < 1.29 is 4.79 Å². The number of benzene rings is 3. The van der Waals surface area contributed by atoms with Gasteiger partial charge in [-0.1, -0.05) is 30.3 Å². The fourth-order valence-electron chi connectivity index (χ4n) is 2.42. The van der Waals surface area contributed by atoms with E-state index in [-0.39, 0.29) is 5.91 Å². The fraction of sp³-hybridized carbons (Fsp3) is 0.0952. The van der Waals surface area contributed by atoms with Gasteiger partial charge < -0.3 is 5.32 Å². The van der Waals surface area contributed by atoms with E-state index < -0.39 is 0 Å². The van der Waals surface area contributed by atoms with Crippen LogP contribution < -0.4 is 5.32 Å². The van der Waals surface area contributed by atoms with Crippen LogP contribution >= 0.6 is 0 Å². The predicted octanol–water partition coefficient (Wildman–Crippen LogP) is 5.97. The number of nitrogens with one attached hydrogen (secondary N) is 1. The first-order valence-electron chi connectivity index (χ1n) is 8.08. The van der Waals surface area contributed by atoms with E-state index in [1.54, 1.807) is 0 Å². The summed E-state index contributed by atoms with van der Waals surface area (Å²) in [5, 5.41) is 11.3. The van der Waals surface area contributed by atoms with Gasteiger partial charge in [0, 0.05) is 11.3 Å². The quantitative estimate of drug-likeness (QED) is 0.589. The first kappa shape index (κ1) is 16.6. The minimum Gasteiger partial charge on any atom is -0.322 e. The van der Waals surface area contributed by atoms with Crippen molar-refractivity contribution in [2.45, 2.75) is 13.8 Å². The van der Waals surface area contributed by atoms with Crippen LogP contribution in [-0.2, 0) is 0 Å². The van der Waals surface area contributed by atoms with Crippen molar-refractivity contribution in [1.82, 2.24) is 0 Å². The highest BCUT2D eigenvalue weighted by atomic mass is 16.1. The molecule has 0 heterocycles. The molecule has 4 nitrogen and oxygen atoms in total. The summed E-state index contributed by atoms with van der Waals surface area (Å²) in [6.45, 7) is 3.95. The Bertz CT molecular complexity index is 900. The molecule has 0 unspecified atom stereocenters. The number of carbonyl (C=O) groups excluding carboxylic acids is 1. The van der Waals surface area contributed by atoms with E-state index >= 15 is 0 Å². The van der Waals surface area contributed by atoms with Gasteiger partial charge in [-0.25, -0.2) is 0 Å². The lowest BCUT2D eigenvalue weighted by Crippen LogP contribution is -2.13. The van der Waals surface area contributed by atoms with Gasteiger partial charge in [0.1, 0.15) is 0 Å². The highest BCUT2D eigenvalue weighted by molar-refractivity contribution is 6.05. The first-order valence-corrected chi connectivity index (χ1v) is 8.08. The van der Waals surface area contributed by atoms with E-state index in [2.05, 4.69) is 15.5 Å². The summed E-state index contributed by atoms with van der Waals surface area (Å²) < 4.78 is 0. The number of azo groups is 1. The molecule has 0 bridgehead atoms. The van der Waals surface area contributed by atoms with E-state index in [1.165, 1.54) is 0 Å². The van der Waals surface area contributed by atoms with E-state index in [9.17, 15) is 4.79 Å². The standard InChI is InChI=1S/C21H19N3O/c1-15-7-6-10-20(16(15)2)21(25)22-17-11-13-19(14-12-17)24-23-18-8-4-3-5-9-18/h3-14H,1-2H3,(H,22,25). The second kappa shape index (κ2) is 7.53. The van der Waals surface area contributed by atoms with Crippen molar-refractivity contribution in [2.24, 2.45) is 10.2 Å². The van der Waals surface area contributed by atoms with Gasteiger partial charge in [-0.15, -0.1) is 0 Å². The molecule has 0 aliphatic carbocycles. The third-order valence-corrected chi connectivity index (χ3v) is 4.01.